The Balaban J connectivity index is 1.57. The van der Waals surface area contributed by atoms with Crippen LogP contribution in [-0.4, -0.2) is 29.4 Å². The summed E-state index contributed by atoms with van der Waals surface area (Å²) in [5, 5.41) is 2.90. The number of fused-ring (bicyclic) bond motifs is 5. The van der Waals surface area contributed by atoms with Crippen molar-refractivity contribution in [2.75, 3.05) is 4.90 Å². The highest BCUT2D eigenvalue weighted by atomic mass is 35.5. The van der Waals surface area contributed by atoms with Crippen LogP contribution in [0.3, 0.4) is 0 Å². The van der Waals surface area contributed by atoms with E-state index in [1.165, 1.54) is 11.3 Å². The molecule has 1 aliphatic carbocycles. The van der Waals surface area contributed by atoms with E-state index in [1.54, 1.807) is 54.6 Å². The van der Waals surface area contributed by atoms with Gasteiger partial charge in [0.05, 0.1) is 10.9 Å². The average molecular weight is 556 g/mol. The zero-order chi connectivity index (χ0) is 26.2. The van der Waals surface area contributed by atoms with Crippen molar-refractivity contribution < 1.29 is 14.4 Å². The van der Waals surface area contributed by atoms with E-state index in [2.05, 4.69) is 0 Å². The summed E-state index contributed by atoms with van der Waals surface area (Å²) in [6, 6.07) is 21.7. The van der Waals surface area contributed by atoms with Crippen molar-refractivity contribution in [1.29, 1.82) is 0 Å². The molecule has 0 bridgehead atoms. The molecule has 1 spiro atoms. The third kappa shape index (κ3) is 3.07. The number of hydrogen-bond donors (Lipinski definition) is 0. The van der Waals surface area contributed by atoms with Gasteiger partial charge in [-0.25, -0.2) is 0 Å². The lowest BCUT2D eigenvalue weighted by Gasteiger charge is -2.37. The second kappa shape index (κ2) is 8.50. The maximum atomic E-state index is 14.5. The maximum Gasteiger partial charge on any atom is 0.195 e. The molecule has 4 nitrogen and oxygen atoms in total. The minimum Gasteiger partial charge on any atom is -0.352 e. The summed E-state index contributed by atoms with van der Waals surface area (Å²) in [5.41, 5.74) is 1.51. The third-order valence-corrected chi connectivity index (χ3v) is 9.36. The van der Waals surface area contributed by atoms with Gasteiger partial charge in [0.15, 0.2) is 17.3 Å². The first-order valence-electron chi connectivity index (χ1n) is 12.2. The lowest BCUT2D eigenvalue weighted by atomic mass is 9.64. The van der Waals surface area contributed by atoms with Crippen molar-refractivity contribution in [3.05, 3.63) is 127 Å². The Morgan fingerprint density at radius 1 is 0.842 bits per heavy atom. The van der Waals surface area contributed by atoms with Crippen LogP contribution in [0.5, 0.6) is 0 Å². The molecule has 7 heteroatoms. The average Bonchev–Trinajstić information content (AvgIpc) is 3.62. The van der Waals surface area contributed by atoms with Crippen LogP contribution in [0.4, 0.5) is 5.69 Å². The molecule has 38 heavy (non-hydrogen) atoms. The number of halogens is 2. The van der Waals surface area contributed by atoms with Gasteiger partial charge < -0.3 is 4.90 Å². The summed E-state index contributed by atoms with van der Waals surface area (Å²) >= 11 is 14.1. The fourth-order valence-electron chi connectivity index (χ4n) is 6.59. The van der Waals surface area contributed by atoms with Gasteiger partial charge in [-0.3, -0.25) is 14.4 Å². The van der Waals surface area contributed by atoms with Crippen molar-refractivity contribution >= 4 is 63.7 Å². The highest BCUT2D eigenvalue weighted by molar-refractivity contribution is 7.12. The van der Waals surface area contributed by atoms with Crippen LogP contribution < -0.4 is 4.90 Å². The lowest BCUT2D eigenvalue weighted by molar-refractivity contribution is 0.0666. The number of rotatable bonds is 3. The molecule has 3 atom stereocenters. The minimum atomic E-state index is -1.54. The minimum absolute atomic E-state index is 0.139. The van der Waals surface area contributed by atoms with Crippen LogP contribution in [0, 0.1) is 5.41 Å². The lowest BCUT2D eigenvalue weighted by Crippen LogP contribution is -2.48. The van der Waals surface area contributed by atoms with Crippen LogP contribution in [0.1, 0.15) is 47.4 Å². The number of hydrogen-bond acceptors (Lipinski definition) is 5. The monoisotopic (exact) mass is 555 g/mol. The Morgan fingerprint density at radius 2 is 1.58 bits per heavy atom. The highest BCUT2D eigenvalue weighted by Gasteiger charge is 2.71. The van der Waals surface area contributed by atoms with Crippen molar-refractivity contribution in [1.82, 2.24) is 0 Å². The van der Waals surface area contributed by atoms with E-state index in [-0.39, 0.29) is 17.3 Å². The van der Waals surface area contributed by atoms with Crippen LogP contribution in [0.2, 0.25) is 10.0 Å². The fourth-order valence-corrected chi connectivity index (χ4v) is 7.66. The van der Waals surface area contributed by atoms with Gasteiger partial charge in [-0.05, 0) is 52.9 Å². The van der Waals surface area contributed by atoms with Crippen LogP contribution in [0.25, 0.3) is 6.08 Å². The number of nitrogens with zero attached hydrogens (tertiary/aromatic N) is 1. The molecule has 0 unspecified atom stereocenters. The number of Topliss-reactive ketones (excluding diaryl/α,β-unsaturated/α-hetero) is 3. The van der Waals surface area contributed by atoms with Crippen LogP contribution in [0.15, 0.2) is 90.3 Å². The Labute approximate surface area is 233 Å². The summed E-state index contributed by atoms with van der Waals surface area (Å²) in [6.07, 6.45) is 3.79. The van der Waals surface area contributed by atoms with Gasteiger partial charge in [0, 0.05) is 32.8 Å². The van der Waals surface area contributed by atoms with Crippen LogP contribution >= 0.6 is 34.5 Å². The van der Waals surface area contributed by atoms with E-state index in [0.717, 1.165) is 11.3 Å². The third-order valence-electron chi connectivity index (χ3n) is 8.01. The highest BCUT2D eigenvalue weighted by Crippen LogP contribution is 2.61. The summed E-state index contributed by atoms with van der Waals surface area (Å²) < 4.78 is 0. The predicted molar refractivity (Wildman–Crippen MR) is 151 cm³/mol. The fraction of sp³-hybridized carbons (Fsp3) is 0.129. The van der Waals surface area contributed by atoms with Crippen LogP contribution in [-0.2, 0) is 0 Å². The van der Waals surface area contributed by atoms with Gasteiger partial charge in [0.1, 0.15) is 11.5 Å². The molecule has 2 aliphatic heterocycles. The molecule has 0 radical (unpaired) electrons. The largest absolute Gasteiger partial charge is 0.352 e. The van der Waals surface area contributed by atoms with Gasteiger partial charge in [0.2, 0.25) is 0 Å². The Kier molecular flexibility index (Phi) is 5.28. The molecule has 4 aromatic rings. The molecule has 7 rings (SSSR count). The van der Waals surface area contributed by atoms with Gasteiger partial charge in [-0.15, -0.1) is 11.3 Å². The van der Waals surface area contributed by atoms with Crippen molar-refractivity contribution in [2.24, 2.45) is 5.41 Å². The van der Waals surface area contributed by atoms with E-state index in [0.29, 0.717) is 31.6 Å². The Morgan fingerprint density at radius 3 is 2.26 bits per heavy atom. The summed E-state index contributed by atoms with van der Waals surface area (Å²) in [6.45, 7) is 0. The molecule has 0 amide bonds. The number of anilines is 1. The molecule has 3 aliphatic rings. The summed E-state index contributed by atoms with van der Waals surface area (Å²) in [4.78, 5) is 46.0. The maximum absolute atomic E-state index is 14.5. The standard InChI is InChI=1S/C31H19Cl2NO3S/c32-19-6-3-5-18(16-19)26-27(28(35)24-9-4-14-38-24)34-23-12-11-20(33)15-17(23)10-13-25(34)31(26)29(36)21-7-1-2-8-22(21)30(31)37/h1-16,25-27H/t25-,26-,27+/m0/s1. The first-order valence-corrected chi connectivity index (χ1v) is 13.8. The molecular formula is C31H19Cl2NO3S. The van der Waals surface area contributed by atoms with Crippen molar-refractivity contribution in [2.45, 2.75) is 18.0 Å². The van der Waals surface area contributed by atoms with E-state index in [4.69, 9.17) is 23.2 Å². The van der Waals surface area contributed by atoms with E-state index in [1.807, 2.05) is 46.7 Å². The van der Waals surface area contributed by atoms with E-state index < -0.39 is 23.4 Å². The van der Waals surface area contributed by atoms with Crippen molar-refractivity contribution in [3.63, 3.8) is 0 Å². The first kappa shape index (κ1) is 23.6. The van der Waals surface area contributed by atoms with E-state index in [9.17, 15) is 14.4 Å². The number of ketones is 3. The molecule has 3 aromatic carbocycles. The van der Waals surface area contributed by atoms with E-state index >= 15 is 0 Å². The van der Waals surface area contributed by atoms with Gasteiger partial charge in [-0.1, -0.05) is 77.8 Å². The Hall–Kier alpha value is -3.51. The topological polar surface area (TPSA) is 54.5 Å². The number of carbonyl (C=O) groups excluding carboxylic acids is 3. The van der Waals surface area contributed by atoms with Gasteiger partial charge in [-0.2, -0.15) is 0 Å². The second-order valence-electron chi connectivity index (χ2n) is 9.81. The Bertz CT molecular complexity index is 1660. The molecule has 3 heterocycles. The summed E-state index contributed by atoms with van der Waals surface area (Å²) in [7, 11) is 0. The van der Waals surface area contributed by atoms with Crippen molar-refractivity contribution in [3.8, 4) is 0 Å². The number of thiophene rings is 1. The molecule has 1 fully saturated rings. The zero-order valence-corrected chi connectivity index (χ0v) is 22.1. The molecule has 1 aromatic heterocycles. The summed E-state index contributed by atoms with van der Waals surface area (Å²) in [5.74, 6) is -1.44. The SMILES string of the molecule is O=C(c1cccs1)[C@H]1[C@H](c2cccc(Cl)c2)C2(C(=O)c3ccccc3C2=O)[C@@H]2C=Cc3cc(Cl)ccc3N21. The molecule has 0 N–H and O–H groups in total. The molecule has 1 saturated heterocycles. The number of carbonyl (C=O) groups is 3. The zero-order valence-electron chi connectivity index (χ0n) is 19.8. The first-order chi connectivity index (χ1) is 18.4. The smallest absolute Gasteiger partial charge is 0.195 e. The predicted octanol–water partition coefficient (Wildman–Crippen LogP) is 7.37. The second-order valence-corrected chi connectivity index (χ2v) is 11.6. The molecule has 186 valence electrons. The molecule has 0 saturated carbocycles. The quantitative estimate of drug-likeness (QED) is 0.195. The molecular weight excluding hydrogens is 537 g/mol. The normalized spacial score (nSPS) is 22.5. The van der Waals surface area contributed by atoms with Gasteiger partial charge >= 0.3 is 0 Å². The number of benzene rings is 3. The van der Waals surface area contributed by atoms with Gasteiger partial charge in [0.25, 0.3) is 0 Å².